The van der Waals surface area contributed by atoms with Crippen molar-refractivity contribution in [2.45, 2.75) is 58.2 Å². The molecule has 0 aliphatic carbocycles. The summed E-state index contributed by atoms with van der Waals surface area (Å²) in [6.07, 6.45) is 3.47. The van der Waals surface area contributed by atoms with Crippen molar-refractivity contribution in [2.75, 3.05) is 0 Å². The topological polar surface area (TPSA) is 22.4 Å². The Balaban J connectivity index is 3.07. The molecular formula is C15H26O2Si. The Morgan fingerprint density at radius 1 is 1.11 bits per heavy atom. The Labute approximate surface area is 112 Å². The first-order valence-corrected chi connectivity index (χ1v) is 8.88. The van der Waals surface area contributed by atoms with E-state index < -0.39 is 8.32 Å². The highest BCUT2D eigenvalue weighted by molar-refractivity contribution is 6.78. The lowest BCUT2D eigenvalue weighted by Gasteiger charge is -2.41. The molecule has 0 aliphatic rings. The maximum absolute atomic E-state index is 6.39. The van der Waals surface area contributed by atoms with Gasteiger partial charge in [0, 0.05) is 11.6 Å². The molecule has 0 saturated carbocycles. The summed E-state index contributed by atoms with van der Waals surface area (Å²) in [6.45, 7) is 17.3. The van der Waals surface area contributed by atoms with Crippen LogP contribution in [-0.2, 0) is 0 Å². The van der Waals surface area contributed by atoms with Gasteiger partial charge in [-0.1, -0.05) is 54.2 Å². The second kappa shape index (κ2) is 5.78. The van der Waals surface area contributed by atoms with Crippen LogP contribution in [0.25, 0.3) is 6.08 Å². The fraction of sp³-hybridized carbons (Fsp3) is 0.600. The molecule has 0 amide bonds. The molecule has 2 nitrogen and oxygen atoms in total. The third kappa shape index (κ3) is 2.71. The van der Waals surface area contributed by atoms with Gasteiger partial charge >= 0.3 is 0 Å². The van der Waals surface area contributed by atoms with Crippen molar-refractivity contribution >= 4 is 14.4 Å². The highest BCUT2D eigenvalue weighted by Gasteiger charge is 2.47. The maximum atomic E-state index is 6.39. The largest absolute Gasteiger partial charge is 0.518 e. The Morgan fingerprint density at radius 3 is 1.94 bits per heavy atom. The van der Waals surface area contributed by atoms with Gasteiger partial charge in [-0.05, 0) is 16.6 Å². The zero-order chi connectivity index (χ0) is 13.9. The molecule has 1 rings (SSSR count). The molecule has 0 atom stereocenters. The SMILES string of the molecule is C=Cc1coc(O[Si](C(C)C)(C(C)C)C(C)C)c1. The van der Waals surface area contributed by atoms with Gasteiger partial charge in [0.1, 0.15) is 6.26 Å². The predicted octanol–water partition coefficient (Wildman–Crippen LogP) is 5.48. The Bertz CT molecular complexity index is 369. The van der Waals surface area contributed by atoms with E-state index in [1.54, 1.807) is 12.3 Å². The minimum absolute atomic E-state index is 0.551. The van der Waals surface area contributed by atoms with Crippen molar-refractivity contribution in [3.05, 3.63) is 24.5 Å². The molecule has 1 heterocycles. The van der Waals surface area contributed by atoms with Crippen molar-refractivity contribution in [2.24, 2.45) is 0 Å². The molecule has 0 spiro atoms. The average molecular weight is 266 g/mol. The van der Waals surface area contributed by atoms with Crippen LogP contribution in [0.15, 0.2) is 23.3 Å². The fourth-order valence-electron chi connectivity index (χ4n) is 3.02. The summed E-state index contributed by atoms with van der Waals surface area (Å²) in [6, 6.07) is 1.93. The quantitative estimate of drug-likeness (QED) is 0.636. The van der Waals surface area contributed by atoms with Crippen molar-refractivity contribution in [3.63, 3.8) is 0 Å². The number of hydrogen-bond acceptors (Lipinski definition) is 2. The Morgan fingerprint density at radius 2 is 1.61 bits per heavy atom. The first-order chi connectivity index (χ1) is 8.34. The molecule has 0 aliphatic heterocycles. The summed E-state index contributed by atoms with van der Waals surface area (Å²) in [5.74, 6) is 0.646. The van der Waals surface area contributed by atoms with Gasteiger partial charge in [-0.2, -0.15) is 0 Å². The van der Waals surface area contributed by atoms with Gasteiger partial charge < -0.3 is 8.84 Å². The lowest BCUT2D eigenvalue weighted by Crippen LogP contribution is -2.50. The van der Waals surface area contributed by atoms with Crippen LogP contribution in [0.5, 0.6) is 5.95 Å². The summed E-state index contributed by atoms with van der Waals surface area (Å²) in [4.78, 5) is 0. The third-order valence-corrected chi connectivity index (χ3v) is 9.78. The summed E-state index contributed by atoms with van der Waals surface area (Å²) >= 11 is 0. The van der Waals surface area contributed by atoms with E-state index in [1.807, 2.05) is 6.07 Å². The van der Waals surface area contributed by atoms with Crippen LogP contribution in [0.1, 0.15) is 47.1 Å². The summed E-state index contributed by atoms with van der Waals surface area (Å²) in [7, 11) is -1.90. The lowest BCUT2D eigenvalue weighted by molar-refractivity contribution is 0.358. The van der Waals surface area contributed by atoms with Gasteiger partial charge in [-0.15, -0.1) is 0 Å². The molecule has 0 bridgehead atoms. The predicted molar refractivity (Wildman–Crippen MR) is 80.5 cm³/mol. The summed E-state index contributed by atoms with van der Waals surface area (Å²) in [5.41, 5.74) is 2.63. The van der Waals surface area contributed by atoms with E-state index in [-0.39, 0.29) is 0 Å². The molecular weight excluding hydrogens is 240 g/mol. The van der Waals surface area contributed by atoms with Gasteiger partial charge in [0.2, 0.25) is 0 Å². The van der Waals surface area contributed by atoms with Crippen molar-refractivity contribution in [3.8, 4) is 5.95 Å². The zero-order valence-corrected chi connectivity index (χ0v) is 13.5. The molecule has 102 valence electrons. The molecule has 0 radical (unpaired) electrons. The molecule has 0 unspecified atom stereocenters. The number of hydrogen-bond donors (Lipinski definition) is 0. The van der Waals surface area contributed by atoms with Gasteiger partial charge in [-0.3, -0.25) is 0 Å². The van der Waals surface area contributed by atoms with Crippen LogP contribution >= 0.6 is 0 Å². The van der Waals surface area contributed by atoms with Gasteiger partial charge in [0.05, 0.1) is 0 Å². The molecule has 0 saturated heterocycles. The molecule has 0 N–H and O–H groups in total. The normalized spacial score (nSPS) is 12.5. The standard InChI is InChI=1S/C15H26O2Si/c1-8-14-9-15(16-10-14)17-18(11(2)3,12(4)5)13(6)7/h8-13H,1H2,2-7H3. The van der Waals surface area contributed by atoms with Gasteiger partial charge in [0.25, 0.3) is 14.3 Å². The maximum Gasteiger partial charge on any atom is 0.271 e. The number of rotatable bonds is 6. The van der Waals surface area contributed by atoms with E-state index in [4.69, 9.17) is 8.84 Å². The second-order valence-corrected chi connectivity index (χ2v) is 11.2. The molecule has 1 aromatic rings. The van der Waals surface area contributed by atoms with Crippen LogP contribution in [0.4, 0.5) is 0 Å². The van der Waals surface area contributed by atoms with E-state index in [2.05, 4.69) is 48.1 Å². The highest BCUT2D eigenvalue weighted by Crippen LogP contribution is 2.42. The van der Waals surface area contributed by atoms with E-state index in [9.17, 15) is 0 Å². The smallest absolute Gasteiger partial charge is 0.271 e. The lowest BCUT2D eigenvalue weighted by atomic mass is 10.3. The molecule has 1 aromatic heterocycles. The highest BCUT2D eigenvalue weighted by atomic mass is 28.4. The third-order valence-electron chi connectivity index (χ3n) is 3.82. The second-order valence-electron chi connectivity index (χ2n) is 5.82. The minimum atomic E-state index is -1.90. The van der Waals surface area contributed by atoms with Crippen LogP contribution in [0.3, 0.4) is 0 Å². The van der Waals surface area contributed by atoms with E-state index in [0.29, 0.717) is 22.6 Å². The molecule has 0 aromatic carbocycles. The van der Waals surface area contributed by atoms with Crippen molar-refractivity contribution < 1.29 is 8.84 Å². The minimum Gasteiger partial charge on any atom is -0.518 e. The molecule has 18 heavy (non-hydrogen) atoms. The van der Waals surface area contributed by atoms with Crippen molar-refractivity contribution in [1.82, 2.24) is 0 Å². The van der Waals surface area contributed by atoms with Crippen molar-refractivity contribution in [1.29, 1.82) is 0 Å². The Kier molecular flexibility index (Phi) is 4.85. The fourth-order valence-corrected chi connectivity index (χ4v) is 8.18. The summed E-state index contributed by atoms with van der Waals surface area (Å²) in [5, 5.41) is 0. The molecule has 3 heteroatoms. The van der Waals surface area contributed by atoms with Crippen LogP contribution in [-0.4, -0.2) is 8.32 Å². The van der Waals surface area contributed by atoms with Crippen LogP contribution in [0.2, 0.25) is 16.6 Å². The van der Waals surface area contributed by atoms with Gasteiger partial charge in [0.15, 0.2) is 0 Å². The first kappa shape index (κ1) is 15.1. The van der Waals surface area contributed by atoms with Crippen LogP contribution < -0.4 is 4.43 Å². The van der Waals surface area contributed by atoms with E-state index >= 15 is 0 Å². The average Bonchev–Trinajstić information content (AvgIpc) is 2.71. The summed E-state index contributed by atoms with van der Waals surface area (Å²) < 4.78 is 11.9. The van der Waals surface area contributed by atoms with E-state index in [0.717, 1.165) is 5.56 Å². The van der Waals surface area contributed by atoms with Crippen LogP contribution in [0, 0.1) is 0 Å². The number of furan rings is 1. The monoisotopic (exact) mass is 266 g/mol. The van der Waals surface area contributed by atoms with E-state index in [1.165, 1.54) is 0 Å². The zero-order valence-electron chi connectivity index (χ0n) is 12.5. The Hall–Kier alpha value is -0.963. The van der Waals surface area contributed by atoms with Gasteiger partial charge in [-0.25, -0.2) is 0 Å². The first-order valence-electron chi connectivity index (χ1n) is 6.74. The molecule has 0 fully saturated rings.